The number of amides is 1. The van der Waals surface area contributed by atoms with Crippen LogP contribution >= 0.6 is 27.5 Å². The van der Waals surface area contributed by atoms with Crippen LogP contribution in [0.1, 0.15) is 26.3 Å². The Balaban J connectivity index is 2.58. The average molecular weight is 525 g/mol. The maximum Gasteiger partial charge on any atom is 0.420 e. The third-order valence-electron chi connectivity index (χ3n) is 3.46. The van der Waals surface area contributed by atoms with Crippen molar-refractivity contribution in [2.24, 2.45) is 0 Å². The predicted molar refractivity (Wildman–Crippen MR) is 114 cm³/mol. The van der Waals surface area contributed by atoms with Crippen LogP contribution in [0, 0.1) is 5.82 Å². The maximum atomic E-state index is 14.8. The molecule has 0 aliphatic rings. The molecule has 12 heteroatoms. The first-order valence-electron chi connectivity index (χ1n) is 8.60. The van der Waals surface area contributed by atoms with Crippen molar-refractivity contribution in [2.75, 3.05) is 17.8 Å². The highest BCUT2D eigenvalue weighted by atomic mass is 79.9. The lowest BCUT2D eigenvalue weighted by atomic mass is 10.2. The second-order valence-electron chi connectivity index (χ2n) is 7.15. The van der Waals surface area contributed by atoms with E-state index < -0.39 is 27.6 Å². The summed E-state index contributed by atoms with van der Waals surface area (Å²) in [5.74, 6) is -0.772. The van der Waals surface area contributed by atoms with Gasteiger partial charge in [-0.3, -0.25) is 4.18 Å². The fourth-order valence-electron chi connectivity index (χ4n) is 2.35. The second-order valence-corrected chi connectivity index (χ2v) is 10.1. The smallest absolute Gasteiger partial charge is 0.420 e. The van der Waals surface area contributed by atoms with Gasteiger partial charge in [-0.25, -0.2) is 24.1 Å². The maximum absolute atomic E-state index is 14.8. The quantitative estimate of drug-likeness (QED) is 0.401. The molecule has 0 bridgehead atoms. The minimum absolute atomic E-state index is 0.0387. The molecule has 0 N–H and O–H groups in total. The lowest BCUT2D eigenvalue weighted by Crippen LogP contribution is -2.35. The molecule has 0 fully saturated rings. The van der Waals surface area contributed by atoms with E-state index in [1.807, 2.05) is 0 Å². The number of nitrogens with zero attached hydrogens (tertiary/aromatic N) is 3. The van der Waals surface area contributed by atoms with Gasteiger partial charge in [-0.1, -0.05) is 27.5 Å². The zero-order valence-corrected chi connectivity index (χ0v) is 19.8. The molecular weight excluding hydrogens is 505 g/mol. The van der Waals surface area contributed by atoms with Crippen molar-refractivity contribution in [3.63, 3.8) is 0 Å². The lowest BCUT2D eigenvalue weighted by molar-refractivity contribution is 0.0596. The number of halogens is 3. The van der Waals surface area contributed by atoms with Crippen LogP contribution in [-0.4, -0.2) is 42.9 Å². The van der Waals surface area contributed by atoms with Gasteiger partial charge >= 0.3 is 6.09 Å². The standard InChI is InChI=1S/C18H20BrClFN3O5S/c1-18(2,3)29-17(25)24(14-6-5-11(19)9-13(14)21)16-12(15(20)22-10-23-16)7-8-28-30(4,26)27/h5-6,9-10H,7-8H2,1-4H3. The Bertz CT molecular complexity index is 1050. The molecule has 8 nitrogen and oxygen atoms in total. The summed E-state index contributed by atoms with van der Waals surface area (Å²) >= 11 is 9.35. The Labute approximate surface area is 187 Å². The van der Waals surface area contributed by atoms with Crippen molar-refractivity contribution in [1.82, 2.24) is 9.97 Å². The summed E-state index contributed by atoms with van der Waals surface area (Å²) < 4.78 is 47.9. The monoisotopic (exact) mass is 523 g/mol. The number of rotatable bonds is 6. The summed E-state index contributed by atoms with van der Waals surface area (Å²) in [5, 5.41) is -0.0387. The largest absolute Gasteiger partial charge is 0.443 e. The number of ether oxygens (including phenoxy) is 1. The van der Waals surface area contributed by atoms with Crippen LogP contribution in [0.2, 0.25) is 5.15 Å². The Kier molecular flexibility index (Phi) is 7.78. The number of aromatic nitrogens is 2. The first-order chi connectivity index (χ1) is 13.8. The molecule has 0 saturated carbocycles. The summed E-state index contributed by atoms with van der Waals surface area (Å²) in [6.07, 6.45) is 1.05. The predicted octanol–water partition coefficient (Wildman–Crippen LogP) is 4.62. The zero-order chi connectivity index (χ0) is 22.7. The summed E-state index contributed by atoms with van der Waals surface area (Å²) in [7, 11) is -3.70. The number of hydrogen-bond acceptors (Lipinski definition) is 7. The Morgan fingerprint density at radius 3 is 2.53 bits per heavy atom. The first kappa shape index (κ1) is 24.4. The number of carbonyl (C=O) groups excluding carboxylic acids is 1. The fourth-order valence-corrected chi connectivity index (χ4v) is 3.30. The third-order valence-corrected chi connectivity index (χ3v) is 4.87. The van der Waals surface area contributed by atoms with Gasteiger partial charge in [0, 0.05) is 16.5 Å². The molecule has 0 unspecified atom stereocenters. The normalized spacial score (nSPS) is 12.0. The molecule has 2 rings (SSSR count). The minimum atomic E-state index is -3.70. The van der Waals surface area contributed by atoms with Gasteiger partial charge in [0.05, 0.1) is 18.6 Å². The summed E-state index contributed by atoms with van der Waals surface area (Å²) in [6, 6.07) is 4.10. The van der Waals surface area contributed by atoms with Gasteiger partial charge in [0.25, 0.3) is 10.1 Å². The van der Waals surface area contributed by atoms with Gasteiger partial charge in [-0.15, -0.1) is 0 Å². The molecule has 0 spiro atoms. The fraction of sp³-hybridized carbons (Fsp3) is 0.389. The van der Waals surface area contributed by atoms with E-state index >= 15 is 0 Å². The molecule has 30 heavy (non-hydrogen) atoms. The van der Waals surface area contributed by atoms with Crippen molar-refractivity contribution in [1.29, 1.82) is 0 Å². The molecule has 0 aliphatic heterocycles. The molecule has 1 aromatic carbocycles. The molecule has 0 atom stereocenters. The van der Waals surface area contributed by atoms with Crippen LogP contribution in [-0.2, 0) is 25.5 Å². The molecule has 164 valence electrons. The van der Waals surface area contributed by atoms with Crippen LogP contribution in [0.25, 0.3) is 0 Å². The molecule has 1 aromatic heterocycles. The second kappa shape index (κ2) is 9.54. The molecule has 0 radical (unpaired) electrons. The van der Waals surface area contributed by atoms with E-state index in [4.69, 9.17) is 20.5 Å². The summed E-state index contributed by atoms with van der Waals surface area (Å²) in [6.45, 7) is 4.71. The van der Waals surface area contributed by atoms with E-state index in [2.05, 4.69) is 25.9 Å². The number of hydrogen-bond donors (Lipinski definition) is 0. The van der Waals surface area contributed by atoms with E-state index in [1.54, 1.807) is 26.8 Å². The highest BCUT2D eigenvalue weighted by molar-refractivity contribution is 9.10. The van der Waals surface area contributed by atoms with Crippen LogP contribution in [0.15, 0.2) is 29.0 Å². The van der Waals surface area contributed by atoms with Crippen LogP contribution < -0.4 is 4.90 Å². The van der Waals surface area contributed by atoms with E-state index in [0.717, 1.165) is 17.5 Å². The minimum Gasteiger partial charge on any atom is -0.443 e. The lowest BCUT2D eigenvalue weighted by Gasteiger charge is -2.28. The van der Waals surface area contributed by atoms with Crippen molar-refractivity contribution < 1.29 is 26.5 Å². The number of anilines is 2. The Morgan fingerprint density at radius 2 is 1.97 bits per heavy atom. The number of benzene rings is 1. The van der Waals surface area contributed by atoms with Gasteiger partial charge < -0.3 is 4.74 Å². The van der Waals surface area contributed by atoms with Crippen LogP contribution in [0.5, 0.6) is 0 Å². The zero-order valence-electron chi connectivity index (χ0n) is 16.6. The molecule has 2 aromatic rings. The summed E-state index contributed by atoms with van der Waals surface area (Å²) in [4.78, 5) is 21.9. The first-order valence-corrected chi connectivity index (χ1v) is 11.6. The Morgan fingerprint density at radius 1 is 1.30 bits per heavy atom. The topological polar surface area (TPSA) is 98.7 Å². The SMILES string of the molecule is CC(C)(C)OC(=O)N(c1ccc(Br)cc1F)c1ncnc(Cl)c1CCOS(C)(=O)=O. The van der Waals surface area contributed by atoms with Gasteiger partial charge in [-0.05, 0) is 39.0 Å². The van der Waals surface area contributed by atoms with Crippen LogP contribution in [0.4, 0.5) is 20.7 Å². The van der Waals surface area contributed by atoms with Crippen molar-refractivity contribution in [2.45, 2.75) is 32.8 Å². The van der Waals surface area contributed by atoms with Gasteiger partial charge in [0.15, 0.2) is 5.82 Å². The van der Waals surface area contributed by atoms with E-state index in [0.29, 0.717) is 4.47 Å². The molecule has 0 saturated heterocycles. The molecule has 0 aliphatic carbocycles. The van der Waals surface area contributed by atoms with E-state index in [-0.39, 0.29) is 35.2 Å². The molecular formula is C18H20BrClFN3O5S. The van der Waals surface area contributed by atoms with Crippen molar-refractivity contribution in [3.05, 3.63) is 45.5 Å². The van der Waals surface area contributed by atoms with E-state index in [1.165, 1.54) is 12.1 Å². The highest BCUT2D eigenvalue weighted by Crippen LogP contribution is 2.34. The average Bonchev–Trinajstić information content (AvgIpc) is 2.56. The molecule has 1 heterocycles. The third kappa shape index (κ3) is 6.86. The van der Waals surface area contributed by atoms with Gasteiger partial charge in [0.2, 0.25) is 0 Å². The van der Waals surface area contributed by atoms with E-state index in [9.17, 15) is 17.6 Å². The van der Waals surface area contributed by atoms with Crippen molar-refractivity contribution >= 4 is 55.2 Å². The Hall–Kier alpha value is -1.82. The molecule has 1 amide bonds. The van der Waals surface area contributed by atoms with Gasteiger partial charge in [-0.2, -0.15) is 8.42 Å². The van der Waals surface area contributed by atoms with Crippen molar-refractivity contribution in [3.8, 4) is 0 Å². The number of carbonyl (C=O) groups is 1. The highest BCUT2D eigenvalue weighted by Gasteiger charge is 2.30. The van der Waals surface area contributed by atoms with Crippen LogP contribution in [0.3, 0.4) is 0 Å². The summed E-state index contributed by atoms with van der Waals surface area (Å²) in [5.41, 5.74) is -0.819. The van der Waals surface area contributed by atoms with Gasteiger partial charge in [0.1, 0.15) is 22.9 Å².